The summed E-state index contributed by atoms with van der Waals surface area (Å²) >= 11 is 0. The standard InChI is InChI=1S/C12H22N2O/c1-3-9-14(10-5-6-10)11(15)12(2)7-4-8-13-12/h10,13H,3-9H2,1-2H3. The second kappa shape index (κ2) is 4.12. The van der Waals surface area contributed by atoms with Crippen LogP contribution in [0.4, 0.5) is 0 Å². The first kappa shape index (κ1) is 10.9. The first-order valence-corrected chi connectivity index (χ1v) is 6.23. The number of nitrogens with one attached hydrogen (secondary N) is 1. The topological polar surface area (TPSA) is 32.3 Å². The number of hydrogen-bond donors (Lipinski definition) is 1. The summed E-state index contributed by atoms with van der Waals surface area (Å²) in [5.41, 5.74) is -0.266. The zero-order chi connectivity index (χ0) is 10.9. The van der Waals surface area contributed by atoms with Gasteiger partial charge in [0.15, 0.2) is 0 Å². The van der Waals surface area contributed by atoms with Crippen molar-refractivity contribution in [3.05, 3.63) is 0 Å². The highest BCUT2D eigenvalue weighted by atomic mass is 16.2. The highest BCUT2D eigenvalue weighted by Gasteiger charge is 2.43. The van der Waals surface area contributed by atoms with Gasteiger partial charge in [-0.1, -0.05) is 6.92 Å². The third-order valence-corrected chi connectivity index (χ3v) is 3.55. The van der Waals surface area contributed by atoms with Gasteiger partial charge in [0.05, 0.1) is 5.54 Å². The molecule has 0 bridgehead atoms. The van der Waals surface area contributed by atoms with Crippen molar-refractivity contribution in [2.24, 2.45) is 0 Å². The number of amides is 1. The average molecular weight is 210 g/mol. The smallest absolute Gasteiger partial charge is 0.242 e. The highest BCUT2D eigenvalue weighted by Crippen LogP contribution is 2.31. The molecule has 2 aliphatic rings. The largest absolute Gasteiger partial charge is 0.338 e. The fourth-order valence-corrected chi connectivity index (χ4v) is 2.47. The quantitative estimate of drug-likeness (QED) is 0.763. The third kappa shape index (κ3) is 2.17. The molecule has 0 aromatic rings. The van der Waals surface area contributed by atoms with Crippen molar-refractivity contribution in [3.63, 3.8) is 0 Å². The molecule has 1 saturated carbocycles. The molecule has 0 aromatic heterocycles. The van der Waals surface area contributed by atoms with Crippen molar-refractivity contribution in [2.75, 3.05) is 13.1 Å². The van der Waals surface area contributed by atoms with E-state index >= 15 is 0 Å². The number of nitrogens with zero attached hydrogens (tertiary/aromatic N) is 1. The Morgan fingerprint density at radius 2 is 2.27 bits per heavy atom. The Balaban J connectivity index is 2.02. The molecule has 1 heterocycles. The van der Waals surface area contributed by atoms with Crippen molar-refractivity contribution in [3.8, 4) is 0 Å². The van der Waals surface area contributed by atoms with E-state index < -0.39 is 0 Å². The van der Waals surface area contributed by atoms with E-state index in [0.29, 0.717) is 11.9 Å². The lowest BCUT2D eigenvalue weighted by molar-refractivity contribution is -0.137. The van der Waals surface area contributed by atoms with Crippen LogP contribution in [-0.2, 0) is 4.79 Å². The first-order chi connectivity index (χ1) is 7.17. The van der Waals surface area contributed by atoms with Gasteiger partial charge in [-0.2, -0.15) is 0 Å². The number of carbonyl (C=O) groups is 1. The van der Waals surface area contributed by atoms with Crippen LogP contribution in [-0.4, -0.2) is 35.5 Å². The fourth-order valence-electron chi connectivity index (χ4n) is 2.47. The molecule has 86 valence electrons. The number of rotatable bonds is 4. The van der Waals surface area contributed by atoms with Gasteiger partial charge in [0, 0.05) is 12.6 Å². The molecular formula is C12H22N2O. The Hall–Kier alpha value is -0.570. The Labute approximate surface area is 92.2 Å². The summed E-state index contributed by atoms with van der Waals surface area (Å²) in [7, 11) is 0. The molecule has 1 amide bonds. The summed E-state index contributed by atoms with van der Waals surface area (Å²) in [6.07, 6.45) is 5.62. The summed E-state index contributed by atoms with van der Waals surface area (Å²) in [6, 6.07) is 0.552. The third-order valence-electron chi connectivity index (χ3n) is 3.55. The molecule has 1 unspecified atom stereocenters. The van der Waals surface area contributed by atoms with E-state index in [9.17, 15) is 4.79 Å². The van der Waals surface area contributed by atoms with Crippen molar-refractivity contribution >= 4 is 5.91 Å². The lowest BCUT2D eigenvalue weighted by Gasteiger charge is -2.32. The van der Waals surface area contributed by atoms with Gasteiger partial charge < -0.3 is 10.2 Å². The van der Waals surface area contributed by atoms with Crippen LogP contribution in [0, 0.1) is 0 Å². The van der Waals surface area contributed by atoms with E-state index in [-0.39, 0.29) is 5.54 Å². The summed E-state index contributed by atoms with van der Waals surface area (Å²) in [5.74, 6) is 0.337. The Bertz CT molecular complexity index is 242. The van der Waals surface area contributed by atoms with Gasteiger partial charge in [-0.25, -0.2) is 0 Å². The molecule has 0 spiro atoms. The van der Waals surface area contributed by atoms with E-state index in [4.69, 9.17) is 0 Å². The van der Waals surface area contributed by atoms with E-state index in [1.54, 1.807) is 0 Å². The van der Waals surface area contributed by atoms with Crippen LogP contribution in [0.3, 0.4) is 0 Å². The van der Waals surface area contributed by atoms with Gasteiger partial charge in [0.2, 0.25) is 5.91 Å². The molecule has 15 heavy (non-hydrogen) atoms. The van der Waals surface area contributed by atoms with E-state index in [2.05, 4.69) is 24.1 Å². The molecule has 1 saturated heterocycles. The van der Waals surface area contributed by atoms with Crippen molar-refractivity contribution in [1.82, 2.24) is 10.2 Å². The van der Waals surface area contributed by atoms with Crippen LogP contribution < -0.4 is 5.32 Å². The monoisotopic (exact) mass is 210 g/mol. The molecule has 3 nitrogen and oxygen atoms in total. The molecule has 0 radical (unpaired) electrons. The van der Waals surface area contributed by atoms with Crippen molar-refractivity contribution in [1.29, 1.82) is 0 Å². The normalized spacial score (nSPS) is 30.5. The number of carbonyl (C=O) groups excluding carboxylic acids is 1. The Kier molecular flexibility index (Phi) is 3.01. The van der Waals surface area contributed by atoms with E-state index in [0.717, 1.165) is 32.4 Å². The minimum absolute atomic E-state index is 0.266. The molecule has 1 aliphatic heterocycles. The minimum Gasteiger partial charge on any atom is -0.338 e. The van der Waals surface area contributed by atoms with Crippen LogP contribution in [0.15, 0.2) is 0 Å². The lowest BCUT2D eigenvalue weighted by atomic mass is 9.98. The predicted octanol–water partition coefficient (Wildman–Crippen LogP) is 1.53. The molecule has 3 heteroatoms. The van der Waals surface area contributed by atoms with Gasteiger partial charge >= 0.3 is 0 Å². The van der Waals surface area contributed by atoms with E-state index in [1.165, 1.54) is 12.8 Å². The molecule has 1 aliphatic carbocycles. The van der Waals surface area contributed by atoms with Crippen LogP contribution in [0.25, 0.3) is 0 Å². The minimum atomic E-state index is -0.266. The zero-order valence-corrected chi connectivity index (χ0v) is 9.88. The summed E-state index contributed by atoms with van der Waals surface area (Å²) in [6.45, 7) is 6.13. The Morgan fingerprint density at radius 1 is 1.53 bits per heavy atom. The lowest BCUT2D eigenvalue weighted by Crippen LogP contribution is -2.53. The molecule has 0 aromatic carbocycles. The zero-order valence-electron chi connectivity index (χ0n) is 9.88. The van der Waals surface area contributed by atoms with Gasteiger partial charge in [-0.05, 0) is 45.6 Å². The van der Waals surface area contributed by atoms with Gasteiger partial charge in [-0.3, -0.25) is 4.79 Å². The maximum Gasteiger partial charge on any atom is 0.242 e. The van der Waals surface area contributed by atoms with Crippen LogP contribution >= 0.6 is 0 Å². The van der Waals surface area contributed by atoms with Gasteiger partial charge in [0.1, 0.15) is 0 Å². The SMILES string of the molecule is CCCN(C(=O)C1(C)CCCN1)C1CC1. The summed E-state index contributed by atoms with van der Waals surface area (Å²) < 4.78 is 0. The predicted molar refractivity (Wildman–Crippen MR) is 60.7 cm³/mol. The van der Waals surface area contributed by atoms with Crippen molar-refractivity contribution in [2.45, 2.75) is 57.5 Å². The first-order valence-electron chi connectivity index (χ1n) is 6.23. The molecular weight excluding hydrogens is 188 g/mol. The molecule has 1 atom stereocenters. The maximum atomic E-state index is 12.4. The molecule has 2 rings (SSSR count). The Morgan fingerprint density at radius 3 is 2.73 bits per heavy atom. The van der Waals surface area contributed by atoms with Gasteiger partial charge in [0.25, 0.3) is 0 Å². The van der Waals surface area contributed by atoms with E-state index in [1.807, 2.05) is 0 Å². The molecule has 2 fully saturated rings. The number of hydrogen-bond acceptors (Lipinski definition) is 2. The summed E-state index contributed by atoms with van der Waals surface area (Å²) in [5, 5.41) is 3.36. The maximum absolute atomic E-state index is 12.4. The van der Waals surface area contributed by atoms with Crippen LogP contribution in [0.2, 0.25) is 0 Å². The molecule has 1 N–H and O–H groups in total. The fraction of sp³-hybridized carbons (Fsp3) is 0.917. The summed E-state index contributed by atoms with van der Waals surface area (Å²) in [4.78, 5) is 14.5. The second-order valence-corrected chi connectivity index (χ2v) is 5.09. The van der Waals surface area contributed by atoms with Crippen LogP contribution in [0.5, 0.6) is 0 Å². The van der Waals surface area contributed by atoms with Crippen molar-refractivity contribution < 1.29 is 4.79 Å². The van der Waals surface area contributed by atoms with Crippen LogP contribution in [0.1, 0.15) is 46.0 Å². The average Bonchev–Trinajstić information content (AvgIpc) is 2.97. The highest BCUT2D eigenvalue weighted by molar-refractivity contribution is 5.86. The van der Waals surface area contributed by atoms with Gasteiger partial charge in [-0.15, -0.1) is 0 Å². The second-order valence-electron chi connectivity index (χ2n) is 5.09.